The summed E-state index contributed by atoms with van der Waals surface area (Å²) in [7, 11) is -5.09. The highest BCUT2D eigenvalue weighted by atomic mass is 31.2. The summed E-state index contributed by atoms with van der Waals surface area (Å²) in [5, 5.41) is 0. The molecule has 102 valence electrons. The van der Waals surface area contributed by atoms with E-state index in [4.69, 9.17) is 0 Å². The van der Waals surface area contributed by atoms with E-state index in [2.05, 4.69) is 9.05 Å². The number of phosphoric ester groups is 1. The van der Waals surface area contributed by atoms with Crippen molar-refractivity contribution in [2.45, 2.75) is 24.9 Å². The molecule has 4 nitrogen and oxygen atoms in total. The Morgan fingerprint density at radius 3 is 2.00 bits per heavy atom. The van der Waals surface area contributed by atoms with Crippen molar-refractivity contribution in [1.82, 2.24) is 0 Å². The third-order valence-corrected chi connectivity index (χ3v) is 3.02. The van der Waals surface area contributed by atoms with Crippen LogP contribution in [0.4, 0.5) is 26.3 Å². The van der Waals surface area contributed by atoms with Crippen molar-refractivity contribution in [3.63, 3.8) is 0 Å². The van der Waals surface area contributed by atoms with E-state index in [1.54, 1.807) is 0 Å². The van der Waals surface area contributed by atoms with Gasteiger partial charge in [-0.3, -0.25) is 4.57 Å². The molecule has 0 aliphatic carbocycles. The first-order chi connectivity index (χ1) is 7.43. The van der Waals surface area contributed by atoms with Gasteiger partial charge in [0.25, 0.3) is 7.82 Å². The average molecular weight is 287 g/mol. The number of phosphoric acid groups is 1. The first kappa shape index (κ1) is 14.7. The van der Waals surface area contributed by atoms with Crippen molar-refractivity contribution in [2.24, 2.45) is 5.92 Å². The summed E-state index contributed by atoms with van der Waals surface area (Å²) in [5.74, 6) is -3.85. The molecule has 0 aromatic heterocycles. The van der Waals surface area contributed by atoms with Gasteiger partial charge >= 0.3 is 12.4 Å². The second-order valence-corrected chi connectivity index (χ2v) is 4.64. The van der Waals surface area contributed by atoms with E-state index in [9.17, 15) is 35.8 Å². The third kappa shape index (κ3) is 3.84. The van der Waals surface area contributed by atoms with Crippen LogP contribution in [0.5, 0.6) is 0 Å². The van der Waals surface area contributed by atoms with E-state index < -0.39 is 45.2 Å². The van der Waals surface area contributed by atoms with Gasteiger partial charge in [-0.25, -0.2) is 0 Å². The van der Waals surface area contributed by atoms with Gasteiger partial charge < -0.3 is 13.9 Å². The maximum absolute atomic E-state index is 12.2. The number of hydrogen-bond acceptors (Lipinski definition) is 4. The van der Waals surface area contributed by atoms with Crippen LogP contribution in [0.3, 0.4) is 0 Å². The lowest BCUT2D eigenvalue weighted by molar-refractivity contribution is -0.316. The lowest BCUT2D eigenvalue weighted by atomic mass is 9.99. The van der Waals surface area contributed by atoms with Crippen molar-refractivity contribution in [1.29, 1.82) is 0 Å². The molecule has 0 bridgehead atoms. The van der Waals surface area contributed by atoms with Crippen LogP contribution in [-0.2, 0) is 13.6 Å². The molecule has 1 rings (SSSR count). The largest absolute Gasteiger partial charge is 0.756 e. The number of hydrogen-bond donors (Lipinski definition) is 0. The van der Waals surface area contributed by atoms with Gasteiger partial charge in [0.2, 0.25) is 0 Å². The molecule has 0 amide bonds. The molecule has 1 aliphatic heterocycles. The van der Waals surface area contributed by atoms with Gasteiger partial charge in [-0.05, 0) is 6.42 Å². The summed E-state index contributed by atoms with van der Waals surface area (Å²) < 4.78 is 91.6. The molecule has 0 aromatic carbocycles. The molecule has 11 heteroatoms. The van der Waals surface area contributed by atoms with Gasteiger partial charge in [-0.2, -0.15) is 26.3 Å². The van der Waals surface area contributed by atoms with Crippen LogP contribution in [0.15, 0.2) is 0 Å². The summed E-state index contributed by atoms with van der Waals surface area (Å²) in [6, 6.07) is 0. The molecule has 0 radical (unpaired) electrons. The number of alkyl halides is 6. The van der Waals surface area contributed by atoms with Gasteiger partial charge in [0, 0.05) is 0 Å². The highest BCUT2D eigenvalue weighted by Crippen LogP contribution is 2.51. The Hall–Kier alpha value is -0.310. The monoisotopic (exact) mass is 287 g/mol. The minimum atomic E-state index is -5.64. The van der Waals surface area contributed by atoms with E-state index in [-0.39, 0.29) is 0 Å². The molecule has 0 aromatic rings. The van der Waals surface area contributed by atoms with E-state index in [0.29, 0.717) is 0 Å². The summed E-state index contributed by atoms with van der Waals surface area (Å²) in [5.41, 5.74) is 0. The number of rotatable bonds is 1. The zero-order chi connectivity index (χ0) is 13.5. The minimum absolute atomic E-state index is 0.770. The Bertz CT molecular complexity index is 311. The fraction of sp³-hybridized carbons (Fsp3) is 1.00. The lowest BCUT2D eigenvalue weighted by Crippen LogP contribution is -2.47. The van der Waals surface area contributed by atoms with Crippen molar-refractivity contribution in [3.8, 4) is 0 Å². The molecule has 2 atom stereocenters. The van der Waals surface area contributed by atoms with Crippen molar-refractivity contribution >= 4 is 7.82 Å². The van der Waals surface area contributed by atoms with Crippen LogP contribution < -0.4 is 4.89 Å². The highest BCUT2D eigenvalue weighted by Gasteiger charge is 2.61. The number of halogens is 6. The Morgan fingerprint density at radius 2 is 1.65 bits per heavy atom. The molecular weight excluding hydrogens is 281 g/mol. The molecular formula is C6H6F6O4P-. The predicted molar refractivity (Wildman–Crippen MR) is 38.6 cm³/mol. The summed E-state index contributed by atoms with van der Waals surface area (Å²) in [6.45, 7) is -0.770. The molecule has 1 heterocycles. The lowest BCUT2D eigenvalue weighted by Gasteiger charge is -2.38. The molecule has 17 heavy (non-hydrogen) atoms. The van der Waals surface area contributed by atoms with Gasteiger partial charge in [0.15, 0.2) is 5.92 Å². The van der Waals surface area contributed by atoms with Gasteiger partial charge in [-0.15, -0.1) is 0 Å². The maximum atomic E-state index is 12.2. The normalized spacial score (nSPS) is 31.9. The van der Waals surface area contributed by atoms with E-state index in [0.717, 1.165) is 0 Å². The Labute approximate surface area is 91.1 Å². The van der Waals surface area contributed by atoms with Crippen LogP contribution in [0.1, 0.15) is 6.42 Å². The molecule has 0 N–H and O–H groups in total. The van der Waals surface area contributed by atoms with E-state index in [1.807, 2.05) is 0 Å². The second-order valence-electron chi connectivity index (χ2n) is 3.27. The summed E-state index contributed by atoms with van der Waals surface area (Å²) in [6.07, 6.45) is -14.6. The zero-order valence-electron chi connectivity index (χ0n) is 7.92. The van der Waals surface area contributed by atoms with Crippen LogP contribution in [0, 0.1) is 5.92 Å². The van der Waals surface area contributed by atoms with Crippen molar-refractivity contribution < 1.29 is 44.8 Å². The van der Waals surface area contributed by atoms with Crippen LogP contribution in [0.25, 0.3) is 0 Å². The Morgan fingerprint density at radius 1 is 1.18 bits per heavy atom. The smallest absolute Gasteiger partial charge is 0.403 e. The standard InChI is InChI=1S/C6H7F6O4P/c7-5(8,9)4(6(10,11)12)3-1-2-15-17(13,14)16-3/h3-4H,1-2H2,(H,13,14)/p-1. The topological polar surface area (TPSA) is 58.6 Å². The fourth-order valence-corrected chi connectivity index (χ4v) is 2.31. The van der Waals surface area contributed by atoms with Crippen molar-refractivity contribution in [2.75, 3.05) is 6.61 Å². The summed E-state index contributed by atoms with van der Waals surface area (Å²) >= 11 is 0. The average Bonchev–Trinajstić information content (AvgIpc) is 1.94. The quantitative estimate of drug-likeness (QED) is 0.546. The van der Waals surface area contributed by atoms with Crippen molar-refractivity contribution in [3.05, 3.63) is 0 Å². The highest BCUT2D eigenvalue weighted by molar-refractivity contribution is 7.45. The molecule has 1 aliphatic rings. The maximum Gasteiger partial charge on any atom is 0.403 e. The predicted octanol–water partition coefficient (Wildman–Crippen LogP) is 2.00. The second kappa shape index (κ2) is 4.42. The Balaban J connectivity index is 2.96. The van der Waals surface area contributed by atoms with E-state index >= 15 is 0 Å². The molecule has 1 saturated heterocycles. The van der Waals surface area contributed by atoms with Crippen LogP contribution in [0.2, 0.25) is 0 Å². The molecule has 0 saturated carbocycles. The van der Waals surface area contributed by atoms with E-state index in [1.165, 1.54) is 0 Å². The Kier molecular flexibility index (Phi) is 3.83. The van der Waals surface area contributed by atoms with Crippen LogP contribution in [-0.4, -0.2) is 25.1 Å². The van der Waals surface area contributed by atoms with Gasteiger partial charge in [0.1, 0.15) is 0 Å². The minimum Gasteiger partial charge on any atom is -0.756 e. The first-order valence-electron chi connectivity index (χ1n) is 4.21. The zero-order valence-corrected chi connectivity index (χ0v) is 8.81. The van der Waals surface area contributed by atoms with Gasteiger partial charge in [-0.1, -0.05) is 0 Å². The van der Waals surface area contributed by atoms with Gasteiger partial charge in [0.05, 0.1) is 12.7 Å². The molecule has 1 fully saturated rings. The third-order valence-electron chi connectivity index (χ3n) is 1.99. The molecule has 0 spiro atoms. The van der Waals surface area contributed by atoms with Crippen LogP contribution >= 0.6 is 7.82 Å². The fourth-order valence-electron chi connectivity index (χ4n) is 1.36. The first-order valence-corrected chi connectivity index (χ1v) is 5.67. The molecule has 2 unspecified atom stereocenters. The SMILES string of the molecule is O=P1([O-])OCCC(C(C(F)(F)F)C(F)(F)F)O1. The summed E-state index contributed by atoms with van der Waals surface area (Å²) in [4.78, 5) is 10.7.